The lowest BCUT2D eigenvalue weighted by Gasteiger charge is -2.12. The quantitative estimate of drug-likeness (QED) is 0.873. The summed E-state index contributed by atoms with van der Waals surface area (Å²) >= 11 is 3.37. The first-order chi connectivity index (χ1) is 6.66. The van der Waals surface area contributed by atoms with E-state index in [1.54, 1.807) is 18.2 Å². The highest BCUT2D eigenvalue weighted by molar-refractivity contribution is 9.10. The maximum atomic E-state index is 9.90. The smallest absolute Gasteiger partial charge is 0.116 e. The van der Waals surface area contributed by atoms with Gasteiger partial charge >= 0.3 is 0 Å². The minimum Gasteiger partial charge on any atom is -0.508 e. The Morgan fingerprint density at radius 2 is 2.14 bits per heavy atom. The summed E-state index contributed by atoms with van der Waals surface area (Å²) in [6.07, 6.45) is 2.81. The highest BCUT2D eigenvalue weighted by Gasteiger charge is 2.26. The zero-order valence-electron chi connectivity index (χ0n) is 7.78. The van der Waals surface area contributed by atoms with Gasteiger partial charge in [0.05, 0.1) is 6.10 Å². The number of aliphatic hydroxyl groups is 1. The Bertz CT molecular complexity index is 334. The molecule has 2 nitrogen and oxygen atoms in total. The first kappa shape index (κ1) is 9.99. The summed E-state index contributed by atoms with van der Waals surface area (Å²) in [5.74, 6) is 0.886. The molecule has 0 radical (unpaired) electrons. The minimum atomic E-state index is -0.455. The summed E-state index contributed by atoms with van der Waals surface area (Å²) in [6, 6.07) is 5.00. The molecule has 0 heterocycles. The van der Waals surface area contributed by atoms with Crippen LogP contribution in [0.4, 0.5) is 0 Å². The summed E-state index contributed by atoms with van der Waals surface area (Å²) in [5.41, 5.74) is 0.789. The van der Waals surface area contributed by atoms with Crippen molar-refractivity contribution in [3.8, 4) is 5.75 Å². The molecule has 1 aromatic rings. The molecule has 0 amide bonds. The Labute approximate surface area is 91.7 Å². The average Bonchev–Trinajstić information content (AvgIpc) is 2.93. The first-order valence-electron chi connectivity index (χ1n) is 4.83. The fraction of sp³-hybridized carbons (Fsp3) is 0.455. The van der Waals surface area contributed by atoms with E-state index >= 15 is 0 Å². The van der Waals surface area contributed by atoms with Gasteiger partial charge in [-0.1, -0.05) is 28.8 Å². The van der Waals surface area contributed by atoms with E-state index in [-0.39, 0.29) is 5.75 Å². The number of benzene rings is 1. The van der Waals surface area contributed by atoms with Crippen LogP contribution in [0.2, 0.25) is 0 Å². The van der Waals surface area contributed by atoms with E-state index in [4.69, 9.17) is 0 Å². The Morgan fingerprint density at radius 3 is 2.79 bits per heavy atom. The summed E-state index contributed by atoms with van der Waals surface area (Å²) in [6.45, 7) is 0. The largest absolute Gasteiger partial charge is 0.508 e. The number of aliphatic hydroxyl groups excluding tert-OH is 1. The number of phenols is 1. The molecule has 0 saturated heterocycles. The van der Waals surface area contributed by atoms with Crippen LogP contribution in [-0.2, 0) is 0 Å². The van der Waals surface area contributed by atoms with E-state index < -0.39 is 6.10 Å². The topological polar surface area (TPSA) is 40.5 Å². The second-order valence-electron chi connectivity index (χ2n) is 3.90. The van der Waals surface area contributed by atoms with Crippen LogP contribution in [0.3, 0.4) is 0 Å². The Morgan fingerprint density at radius 1 is 1.43 bits per heavy atom. The molecule has 0 aliphatic heterocycles. The van der Waals surface area contributed by atoms with Gasteiger partial charge in [-0.2, -0.15) is 0 Å². The van der Waals surface area contributed by atoms with Crippen molar-refractivity contribution in [2.24, 2.45) is 5.92 Å². The van der Waals surface area contributed by atoms with Gasteiger partial charge in [-0.25, -0.2) is 0 Å². The van der Waals surface area contributed by atoms with Crippen LogP contribution in [0.1, 0.15) is 30.9 Å². The van der Waals surface area contributed by atoms with E-state index in [0.29, 0.717) is 5.92 Å². The summed E-state index contributed by atoms with van der Waals surface area (Å²) < 4.78 is 0.864. The molecule has 1 saturated carbocycles. The van der Waals surface area contributed by atoms with Crippen LogP contribution in [0.5, 0.6) is 5.75 Å². The second kappa shape index (κ2) is 3.91. The van der Waals surface area contributed by atoms with Crippen molar-refractivity contribution >= 4 is 15.9 Å². The molecule has 0 unspecified atom stereocenters. The van der Waals surface area contributed by atoms with E-state index in [1.165, 1.54) is 12.8 Å². The zero-order valence-corrected chi connectivity index (χ0v) is 9.37. The third-order valence-electron chi connectivity index (χ3n) is 2.59. The molecule has 0 bridgehead atoms. The Kier molecular flexibility index (Phi) is 2.79. The van der Waals surface area contributed by atoms with E-state index in [9.17, 15) is 10.2 Å². The third kappa shape index (κ3) is 2.28. The van der Waals surface area contributed by atoms with Gasteiger partial charge in [0.15, 0.2) is 0 Å². The second-order valence-corrected chi connectivity index (χ2v) is 4.76. The molecule has 2 N–H and O–H groups in total. The van der Waals surface area contributed by atoms with Crippen LogP contribution < -0.4 is 0 Å². The van der Waals surface area contributed by atoms with Crippen molar-refractivity contribution in [3.05, 3.63) is 28.2 Å². The Hall–Kier alpha value is -0.540. The highest BCUT2D eigenvalue weighted by atomic mass is 79.9. The van der Waals surface area contributed by atoms with Gasteiger partial charge in [-0.05, 0) is 36.1 Å². The Balaban J connectivity index is 2.15. The standard InChI is InChI=1S/C11H13BrO2/c12-10-4-3-8(13)6-9(10)11(14)5-7-1-2-7/h3-4,6-7,11,13-14H,1-2,5H2/t11-/m1/s1. The molecular weight excluding hydrogens is 244 g/mol. The third-order valence-corrected chi connectivity index (χ3v) is 3.31. The number of rotatable bonds is 3. The van der Waals surface area contributed by atoms with Gasteiger partial charge in [0.2, 0.25) is 0 Å². The van der Waals surface area contributed by atoms with Crippen molar-refractivity contribution in [1.82, 2.24) is 0 Å². The maximum absolute atomic E-state index is 9.90. The van der Waals surface area contributed by atoms with Gasteiger partial charge in [0.1, 0.15) is 5.75 Å². The predicted molar refractivity (Wildman–Crippen MR) is 58.1 cm³/mol. The highest BCUT2D eigenvalue weighted by Crippen LogP contribution is 2.39. The normalized spacial score (nSPS) is 18.1. The van der Waals surface area contributed by atoms with Crippen molar-refractivity contribution in [3.63, 3.8) is 0 Å². The van der Waals surface area contributed by atoms with Gasteiger partial charge in [0, 0.05) is 4.47 Å². The van der Waals surface area contributed by atoms with Crippen LogP contribution in [0.25, 0.3) is 0 Å². The van der Waals surface area contributed by atoms with E-state index in [2.05, 4.69) is 15.9 Å². The van der Waals surface area contributed by atoms with Gasteiger partial charge in [-0.15, -0.1) is 0 Å². The molecule has 2 rings (SSSR count). The van der Waals surface area contributed by atoms with E-state index in [0.717, 1.165) is 16.5 Å². The molecular formula is C11H13BrO2. The number of hydrogen-bond donors (Lipinski definition) is 2. The van der Waals surface area contributed by atoms with Crippen molar-refractivity contribution < 1.29 is 10.2 Å². The number of halogens is 1. The zero-order chi connectivity index (χ0) is 10.1. The fourth-order valence-corrected chi connectivity index (χ4v) is 2.09. The summed E-state index contributed by atoms with van der Waals surface area (Å²) in [5, 5.41) is 19.2. The molecule has 1 aliphatic rings. The molecule has 14 heavy (non-hydrogen) atoms. The SMILES string of the molecule is Oc1ccc(Br)c([C@H](O)CC2CC2)c1. The lowest BCUT2D eigenvalue weighted by Crippen LogP contribution is -1.99. The van der Waals surface area contributed by atoms with Crippen LogP contribution >= 0.6 is 15.9 Å². The fourth-order valence-electron chi connectivity index (χ4n) is 1.58. The van der Waals surface area contributed by atoms with Gasteiger partial charge in [0.25, 0.3) is 0 Å². The van der Waals surface area contributed by atoms with Crippen molar-refractivity contribution in [2.75, 3.05) is 0 Å². The van der Waals surface area contributed by atoms with Gasteiger partial charge in [-0.3, -0.25) is 0 Å². The molecule has 3 heteroatoms. The lowest BCUT2D eigenvalue weighted by molar-refractivity contribution is 0.159. The number of hydrogen-bond acceptors (Lipinski definition) is 2. The minimum absolute atomic E-state index is 0.207. The molecule has 1 aliphatic carbocycles. The first-order valence-corrected chi connectivity index (χ1v) is 5.62. The van der Waals surface area contributed by atoms with Crippen molar-refractivity contribution in [2.45, 2.75) is 25.4 Å². The van der Waals surface area contributed by atoms with Crippen molar-refractivity contribution in [1.29, 1.82) is 0 Å². The van der Waals surface area contributed by atoms with Crippen LogP contribution in [-0.4, -0.2) is 10.2 Å². The number of phenolic OH excluding ortho intramolecular Hbond substituents is 1. The maximum Gasteiger partial charge on any atom is 0.116 e. The molecule has 0 spiro atoms. The molecule has 0 aromatic heterocycles. The summed E-state index contributed by atoms with van der Waals surface area (Å²) in [7, 11) is 0. The molecule has 1 fully saturated rings. The van der Waals surface area contributed by atoms with Crippen LogP contribution in [0, 0.1) is 5.92 Å². The average molecular weight is 257 g/mol. The predicted octanol–water partition coefficient (Wildman–Crippen LogP) is 2.99. The molecule has 76 valence electrons. The van der Waals surface area contributed by atoms with E-state index in [1.807, 2.05) is 0 Å². The van der Waals surface area contributed by atoms with Crippen LogP contribution in [0.15, 0.2) is 22.7 Å². The lowest BCUT2D eigenvalue weighted by atomic mass is 10.0. The summed E-state index contributed by atoms with van der Waals surface area (Å²) in [4.78, 5) is 0. The molecule has 1 aromatic carbocycles. The number of aromatic hydroxyl groups is 1. The van der Waals surface area contributed by atoms with Gasteiger partial charge < -0.3 is 10.2 Å². The molecule has 1 atom stereocenters. The monoisotopic (exact) mass is 256 g/mol.